The van der Waals surface area contributed by atoms with Crippen LogP contribution in [0.25, 0.3) is 0 Å². The molecular weight excluding hydrogens is 314 g/mol. The van der Waals surface area contributed by atoms with Gasteiger partial charge in [0.05, 0.1) is 6.04 Å². The molecule has 1 N–H and O–H groups in total. The minimum absolute atomic E-state index is 0.126. The number of aromatic nitrogens is 4. The van der Waals surface area contributed by atoms with E-state index in [1.165, 1.54) is 11.0 Å². The molecule has 0 radical (unpaired) electrons. The fraction of sp³-hybridized carbons (Fsp3) is 0.263. The lowest BCUT2D eigenvalue weighted by Crippen LogP contribution is -2.35. The van der Waals surface area contributed by atoms with Gasteiger partial charge in [0.15, 0.2) is 0 Å². The van der Waals surface area contributed by atoms with Crippen molar-refractivity contribution in [3.8, 4) is 0 Å². The fourth-order valence-electron chi connectivity index (χ4n) is 2.88. The lowest BCUT2D eigenvalue weighted by Gasteiger charge is -2.22. The van der Waals surface area contributed by atoms with Crippen molar-refractivity contribution in [3.05, 3.63) is 77.6 Å². The summed E-state index contributed by atoms with van der Waals surface area (Å²) >= 11 is 0. The topological polar surface area (TPSA) is 72.7 Å². The van der Waals surface area contributed by atoms with Crippen molar-refractivity contribution in [2.45, 2.75) is 32.9 Å². The van der Waals surface area contributed by atoms with Gasteiger partial charge >= 0.3 is 0 Å². The normalized spacial score (nSPS) is 13.2. The summed E-state index contributed by atoms with van der Waals surface area (Å²) in [7, 11) is 0. The van der Waals surface area contributed by atoms with Gasteiger partial charge in [-0.25, -0.2) is 9.67 Å². The number of hydrogen-bond donors (Lipinski definition) is 1. The van der Waals surface area contributed by atoms with E-state index in [9.17, 15) is 4.79 Å². The Labute approximate surface area is 146 Å². The monoisotopic (exact) mass is 335 g/mol. The summed E-state index contributed by atoms with van der Waals surface area (Å²) in [6.45, 7) is 5.90. The van der Waals surface area contributed by atoms with Crippen molar-refractivity contribution in [2.75, 3.05) is 0 Å². The Kier molecular flexibility index (Phi) is 4.88. The van der Waals surface area contributed by atoms with Gasteiger partial charge in [0.2, 0.25) is 5.91 Å². The van der Waals surface area contributed by atoms with E-state index in [-0.39, 0.29) is 11.9 Å². The first-order chi connectivity index (χ1) is 12.0. The maximum atomic E-state index is 12.7. The van der Waals surface area contributed by atoms with Crippen LogP contribution >= 0.6 is 0 Å². The molecule has 128 valence electrons. The third-order valence-corrected chi connectivity index (χ3v) is 4.09. The summed E-state index contributed by atoms with van der Waals surface area (Å²) in [5.74, 6) is -0.126. The number of benzene rings is 1. The van der Waals surface area contributed by atoms with Crippen molar-refractivity contribution in [1.82, 2.24) is 25.1 Å². The molecule has 0 bridgehead atoms. The minimum atomic E-state index is -0.451. The molecule has 3 rings (SSSR count). The van der Waals surface area contributed by atoms with Gasteiger partial charge in [-0.05, 0) is 38.0 Å². The molecule has 0 aliphatic carbocycles. The standard InChI is InChI=1S/C19H21N5O/c1-13-7-14(2)9-17(8-13)18(16-5-4-6-20-10-16)23-19(25)15(3)24-12-21-11-22-24/h4-12,15,18H,1-3H3,(H,23,25)/t15-,18-/m1/s1. The van der Waals surface area contributed by atoms with Gasteiger partial charge in [-0.15, -0.1) is 0 Å². The predicted octanol–water partition coefficient (Wildman–Crippen LogP) is 2.76. The Balaban J connectivity index is 1.93. The highest BCUT2D eigenvalue weighted by atomic mass is 16.2. The van der Waals surface area contributed by atoms with Gasteiger partial charge in [-0.1, -0.05) is 35.4 Å². The molecule has 2 heterocycles. The van der Waals surface area contributed by atoms with E-state index in [0.717, 1.165) is 22.3 Å². The van der Waals surface area contributed by atoms with Gasteiger partial charge < -0.3 is 5.32 Å². The molecule has 1 aromatic carbocycles. The Morgan fingerprint density at radius 3 is 2.48 bits per heavy atom. The number of aryl methyl sites for hydroxylation is 2. The van der Waals surface area contributed by atoms with E-state index in [4.69, 9.17) is 0 Å². The lowest BCUT2D eigenvalue weighted by molar-refractivity contribution is -0.124. The number of rotatable bonds is 5. The van der Waals surface area contributed by atoms with Gasteiger partial charge in [0.1, 0.15) is 18.7 Å². The molecule has 0 saturated carbocycles. The van der Waals surface area contributed by atoms with Gasteiger partial charge in [-0.3, -0.25) is 9.78 Å². The Morgan fingerprint density at radius 1 is 1.12 bits per heavy atom. The van der Waals surface area contributed by atoms with Crippen LogP contribution < -0.4 is 5.32 Å². The van der Waals surface area contributed by atoms with Crippen LogP contribution in [0.2, 0.25) is 0 Å². The number of pyridine rings is 1. The second-order valence-electron chi connectivity index (χ2n) is 6.20. The molecule has 0 aliphatic rings. The van der Waals surface area contributed by atoms with Crippen molar-refractivity contribution in [2.24, 2.45) is 0 Å². The first kappa shape index (κ1) is 16.8. The van der Waals surface area contributed by atoms with E-state index in [1.54, 1.807) is 25.6 Å². The first-order valence-corrected chi connectivity index (χ1v) is 8.17. The predicted molar refractivity (Wildman–Crippen MR) is 94.9 cm³/mol. The molecule has 0 fully saturated rings. The van der Waals surface area contributed by atoms with Crippen LogP contribution in [0.3, 0.4) is 0 Å². The summed E-state index contributed by atoms with van der Waals surface area (Å²) in [5.41, 5.74) is 4.28. The highest BCUT2D eigenvalue weighted by molar-refractivity contribution is 5.80. The quantitative estimate of drug-likeness (QED) is 0.778. The van der Waals surface area contributed by atoms with Crippen molar-refractivity contribution in [3.63, 3.8) is 0 Å². The first-order valence-electron chi connectivity index (χ1n) is 8.17. The van der Waals surface area contributed by atoms with E-state index in [1.807, 2.05) is 12.1 Å². The zero-order valence-electron chi connectivity index (χ0n) is 14.5. The summed E-state index contributed by atoms with van der Waals surface area (Å²) in [6.07, 6.45) is 6.47. The third kappa shape index (κ3) is 3.91. The second kappa shape index (κ2) is 7.25. The molecule has 2 atom stereocenters. The van der Waals surface area contributed by atoms with Crippen LogP contribution in [0.5, 0.6) is 0 Å². The Hall–Kier alpha value is -3.02. The summed E-state index contributed by atoms with van der Waals surface area (Å²) in [6, 6.07) is 9.41. The molecule has 0 spiro atoms. The summed E-state index contributed by atoms with van der Waals surface area (Å²) in [4.78, 5) is 20.9. The van der Waals surface area contributed by atoms with Gasteiger partial charge in [-0.2, -0.15) is 5.10 Å². The maximum Gasteiger partial charge on any atom is 0.245 e. The van der Waals surface area contributed by atoms with Crippen LogP contribution in [-0.2, 0) is 4.79 Å². The van der Waals surface area contributed by atoms with Crippen LogP contribution in [0.4, 0.5) is 0 Å². The largest absolute Gasteiger partial charge is 0.343 e. The van der Waals surface area contributed by atoms with Crippen LogP contribution in [-0.4, -0.2) is 25.7 Å². The van der Waals surface area contributed by atoms with Gasteiger partial charge in [0, 0.05) is 12.4 Å². The number of hydrogen-bond acceptors (Lipinski definition) is 4. The number of carbonyl (C=O) groups excluding carboxylic acids is 1. The molecule has 1 amide bonds. The zero-order chi connectivity index (χ0) is 17.8. The second-order valence-corrected chi connectivity index (χ2v) is 6.20. The van der Waals surface area contributed by atoms with Crippen molar-refractivity contribution in [1.29, 1.82) is 0 Å². The van der Waals surface area contributed by atoms with E-state index in [0.29, 0.717) is 0 Å². The SMILES string of the molecule is Cc1cc(C)cc([C@H](NC(=O)[C@@H](C)n2cncn2)c2cccnc2)c1. The van der Waals surface area contributed by atoms with Crippen molar-refractivity contribution < 1.29 is 4.79 Å². The summed E-state index contributed by atoms with van der Waals surface area (Å²) in [5, 5.41) is 7.18. The molecule has 3 aromatic rings. The molecule has 2 aromatic heterocycles. The molecule has 0 aliphatic heterocycles. The number of nitrogens with zero attached hydrogens (tertiary/aromatic N) is 4. The fourth-order valence-corrected chi connectivity index (χ4v) is 2.88. The maximum absolute atomic E-state index is 12.7. The molecule has 0 unspecified atom stereocenters. The van der Waals surface area contributed by atoms with E-state index < -0.39 is 6.04 Å². The number of nitrogens with one attached hydrogen (secondary N) is 1. The lowest BCUT2D eigenvalue weighted by atomic mass is 9.96. The molecule has 6 heteroatoms. The highest BCUT2D eigenvalue weighted by Gasteiger charge is 2.22. The third-order valence-electron chi connectivity index (χ3n) is 4.09. The van der Waals surface area contributed by atoms with E-state index in [2.05, 4.69) is 52.4 Å². The highest BCUT2D eigenvalue weighted by Crippen LogP contribution is 2.24. The molecular formula is C19H21N5O. The smallest absolute Gasteiger partial charge is 0.245 e. The average Bonchev–Trinajstić information content (AvgIpc) is 3.13. The minimum Gasteiger partial charge on any atom is -0.343 e. The summed E-state index contributed by atoms with van der Waals surface area (Å²) < 4.78 is 1.54. The molecule has 0 saturated heterocycles. The number of amides is 1. The molecule has 6 nitrogen and oxygen atoms in total. The van der Waals surface area contributed by atoms with Crippen LogP contribution in [0.1, 0.15) is 41.3 Å². The van der Waals surface area contributed by atoms with Gasteiger partial charge in [0.25, 0.3) is 0 Å². The number of carbonyl (C=O) groups is 1. The average molecular weight is 335 g/mol. The van der Waals surface area contributed by atoms with E-state index >= 15 is 0 Å². The Morgan fingerprint density at radius 2 is 1.88 bits per heavy atom. The molecule has 25 heavy (non-hydrogen) atoms. The van der Waals surface area contributed by atoms with Crippen molar-refractivity contribution >= 4 is 5.91 Å². The Bertz CT molecular complexity index is 825. The van der Waals surface area contributed by atoms with Crippen LogP contribution in [0.15, 0.2) is 55.4 Å². The van der Waals surface area contributed by atoms with Crippen LogP contribution in [0, 0.1) is 13.8 Å². The zero-order valence-corrected chi connectivity index (χ0v) is 14.5.